The van der Waals surface area contributed by atoms with Gasteiger partial charge >= 0.3 is 0 Å². The molecule has 0 saturated heterocycles. The minimum atomic E-state index is 0.145. The number of fused-ring (bicyclic) bond motifs is 1. The van der Waals surface area contributed by atoms with Crippen molar-refractivity contribution in [3.63, 3.8) is 0 Å². The normalized spacial score (nSPS) is 16.0. The molecule has 27 heavy (non-hydrogen) atoms. The summed E-state index contributed by atoms with van der Waals surface area (Å²) in [6.45, 7) is 2.92. The molecule has 4 nitrogen and oxygen atoms in total. The van der Waals surface area contributed by atoms with Crippen LogP contribution >= 0.6 is 11.3 Å². The number of carbonyl (C=O) groups excluding carboxylic acids is 1. The van der Waals surface area contributed by atoms with E-state index in [0.29, 0.717) is 19.0 Å². The van der Waals surface area contributed by atoms with Gasteiger partial charge in [0.1, 0.15) is 0 Å². The zero-order chi connectivity index (χ0) is 19.6. The fraction of sp³-hybridized carbons (Fsp3) is 0.500. The first-order valence-electron chi connectivity index (χ1n) is 9.62. The van der Waals surface area contributed by atoms with Gasteiger partial charge in [0.2, 0.25) is 0 Å². The Morgan fingerprint density at radius 3 is 2.44 bits per heavy atom. The number of carbonyl (C=O) groups is 1. The van der Waals surface area contributed by atoms with Crippen molar-refractivity contribution >= 4 is 22.8 Å². The molecular formula is C22H30N2O2S. The van der Waals surface area contributed by atoms with Crippen molar-refractivity contribution in [2.45, 2.75) is 38.6 Å². The third-order valence-electron chi connectivity index (χ3n) is 5.63. The number of likely N-dealkylation sites (N-methyl/N-ethyl adjacent to an activating group) is 2. The van der Waals surface area contributed by atoms with Gasteiger partial charge in [0.05, 0.1) is 11.5 Å². The number of Topliss-reactive ketones (excluding diaryl/α,β-unsaturated/α-hetero) is 1. The van der Waals surface area contributed by atoms with Gasteiger partial charge in [-0.25, -0.2) is 0 Å². The van der Waals surface area contributed by atoms with Crippen LogP contribution in [0.5, 0.6) is 0 Å². The Morgan fingerprint density at radius 1 is 1.15 bits per heavy atom. The minimum absolute atomic E-state index is 0.145. The molecule has 1 heterocycles. The summed E-state index contributed by atoms with van der Waals surface area (Å²) >= 11 is 1.69. The second kappa shape index (κ2) is 8.55. The zero-order valence-electron chi connectivity index (χ0n) is 16.8. The fourth-order valence-corrected chi connectivity index (χ4v) is 4.99. The highest BCUT2D eigenvalue weighted by Crippen LogP contribution is 2.37. The highest BCUT2D eigenvalue weighted by molar-refractivity contribution is 7.14. The van der Waals surface area contributed by atoms with Crippen LogP contribution in [-0.4, -0.2) is 56.1 Å². The van der Waals surface area contributed by atoms with Gasteiger partial charge in [-0.3, -0.25) is 4.79 Å². The predicted octanol–water partition coefficient (Wildman–Crippen LogP) is 3.33. The molecule has 0 amide bonds. The van der Waals surface area contributed by atoms with Crippen molar-refractivity contribution in [2.24, 2.45) is 0 Å². The van der Waals surface area contributed by atoms with E-state index in [2.05, 4.69) is 50.2 Å². The van der Waals surface area contributed by atoms with Crippen molar-refractivity contribution in [2.75, 3.05) is 39.2 Å². The highest BCUT2D eigenvalue weighted by atomic mass is 32.1. The molecule has 1 atom stereocenters. The molecule has 0 aliphatic heterocycles. The molecule has 0 fully saturated rings. The van der Waals surface area contributed by atoms with Crippen LogP contribution < -0.4 is 4.90 Å². The third kappa shape index (κ3) is 4.42. The molecule has 1 aliphatic carbocycles. The van der Waals surface area contributed by atoms with Crippen LogP contribution in [0.25, 0.3) is 0 Å². The van der Waals surface area contributed by atoms with Gasteiger partial charge < -0.3 is 14.9 Å². The average molecular weight is 387 g/mol. The van der Waals surface area contributed by atoms with Gasteiger partial charge in [-0.05, 0) is 69.1 Å². The number of ketones is 1. The number of anilines is 1. The lowest BCUT2D eigenvalue weighted by atomic mass is 10.0. The van der Waals surface area contributed by atoms with Crippen LogP contribution in [0, 0.1) is 6.92 Å². The summed E-state index contributed by atoms with van der Waals surface area (Å²) in [6.07, 6.45) is 3.40. The molecular weight excluding hydrogens is 356 g/mol. The van der Waals surface area contributed by atoms with Crippen LogP contribution in [0.1, 0.15) is 37.7 Å². The van der Waals surface area contributed by atoms with Crippen LogP contribution in [-0.2, 0) is 19.3 Å². The largest absolute Gasteiger partial charge is 0.395 e. The van der Waals surface area contributed by atoms with Crippen LogP contribution in [0.4, 0.5) is 5.69 Å². The molecule has 1 aromatic carbocycles. The number of aliphatic hydroxyl groups is 1. The number of aliphatic hydroxyl groups excluding tert-OH is 1. The summed E-state index contributed by atoms with van der Waals surface area (Å²) in [5.74, 6) is 0.283. The first-order valence-corrected chi connectivity index (χ1v) is 10.4. The SMILES string of the molecule is Cc1sc(C(=O)CCc2ccc(N(C)CCO)cc2)c2c1C[C@H](N(C)C)C2. The van der Waals surface area contributed by atoms with Crippen LogP contribution in [0.3, 0.4) is 0 Å². The van der Waals surface area contributed by atoms with Gasteiger partial charge in [-0.2, -0.15) is 0 Å². The van der Waals surface area contributed by atoms with E-state index in [1.165, 1.54) is 21.6 Å². The molecule has 0 unspecified atom stereocenters. The number of hydrogen-bond acceptors (Lipinski definition) is 5. The second-order valence-corrected chi connectivity index (χ2v) is 8.93. The van der Waals surface area contributed by atoms with Crippen molar-refractivity contribution in [3.8, 4) is 0 Å². The van der Waals surface area contributed by atoms with E-state index in [-0.39, 0.29) is 12.4 Å². The number of thiophene rings is 1. The van der Waals surface area contributed by atoms with Gasteiger partial charge in [0.15, 0.2) is 5.78 Å². The van der Waals surface area contributed by atoms with Crippen molar-refractivity contribution in [1.29, 1.82) is 0 Å². The van der Waals surface area contributed by atoms with E-state index < -0.39 is 0 Å². The Bertz CT molecular complexity index is 795. The summed E-state index contributed by atoms with van der Waals surface area (Å²) in [5.41, 5.74) is 4.99. The maximum absolute atomic E-state index is 12.9. The minimum Gasteiger partial charge on any atom is -0.395 e. The summed E-state index contributed by atoms with van der Waals surface area (Å²) in [5, 5.41) is 9.04. The summed E-state index contributed by atoms with van der Waals surface area (Å²) in [6, 6.07) is 8.82. The van der Waals surface area contributed by atoms with E-state index in [9.17, 15) is 4.79 Å². The Morgan fingerprint density at radius 2 is 1.81 bits per heavy atom. The van der Waals surface area contributed by atoms with E-state index in [4.69, 9.17) is 5.11 Å². The molecule has 2 aromatic rings. The standard InChI is InChI=1S/C22H30N2O2S/c1-15-19-13-18(23(2)3)14-20(19)22(27-15)21(26)10-7-16-5-8-17(9-6-16)24(4)11-12-25/h5-6,8-9,18,25H,7,10-14H2,1-4H3/t18-/m0/s1. The molecule has 0 radical (unpaired) electrons. The summed E-state index contributed by atoms with van der Waals surface area (Å²) in [4.78, 5) is 19.5. The summed E-state index contributed by atoms with van der Waals surface area (Å²) in [7, 11) is 6.21. The topological polar surface area (TPSA) is 43.8 Å². The number of hydrogen-bond donors (Lipinski definition) is 1. The number of aryl methyl sites for hydroxylation is 2. The number of nitrogens with zero attached hydrogens (tertiary/aromatic N) is 2. The Hall–Kier alpha value is -1.69. The zero-order valence-corrected chi connectivity index (χ0v) is 17.6. The smallest absolute Gasteiger partial charge is 0.173 e. The van der Waals surface area contributed by atoms with Gasteiger partial charge in [-0.15, -0.1) is 11.3 Å². The van der Waals surface area contributed by atoms with Gasteiger partial charge in [0.25, 0.3) is 0 Å². The monoisotopic (exact) mass is 386 g/mol. The molecule has 0 bridgehead atoms. The fourth-order valence-electron chi connectivity index (χ4n) is 3.81. The van der Waals surface area contributed by atoms with Crippen molar-refractivity contribution in [3.05, 3.63) is 50.7 Å². The summed E-state index contributed by atoms with van der Waals surface area (Å²) < 4.78 is 0. The number of benzene rings is 1. The van der Waals surface area contributed by atoms with Crippen molar-refractivity contribution < 1.29 is 9.90 Å². The molecule has 1 aliphatic rings. The highest BCUT2D eigenvalue weighted by Gasteiger charge is 2.30. The number of rotatable bonds is 8. The first kappa shape index (κ1) is 20.1. The maximum atomic E-state index is 12.9. The molecule has 5 heteroatoms. The molecule has 0 saturated carbocycles. The predicted molar refractivity (Wildman–Crippen MR) is 113 cm³/mol. The Balaban J connectivity index is 1.63. The third-order valence-corrected chi connectivity index (χ3v) is 6.87. The van der Waals surface area contributed by atoms with E-state index in [0.717, 1.165) is 29.8 Å². The molecule has 1 N–H and O–H groups in total. The van der Waals surface area contributed by atoms with E-state index in [1.54, 1.807) is 11.3 Å². The molecule has 0 spiro atoms. The second-order valence-electron chi connectivity index (χ2n) is 7.70. The Labute approximate surface area is 166 Å². The molecule has 3 rings (SSSR count). The average Bonchev–Trinajstić information content (AvgIpc) is 3.21. The van der Waals surface area contributed by atoms with Crippen LogP contribution in [0.2, 0.25) is 0 Å². The van der Waals surface area contributed by atoms with Gasteiger partial charge in [0, 0.05) is 36.6 Å². The van der Waals surface area contributed by atoms with Gasteiger partial charge in [-0.1, -0.05) is 12.1 Å². The first-order chi connectivity index (χ1) is 12.9. The van der Waals surface area contributed by atoms with Crippen molar-refractivity contribution in [1.82, 2.24) is 4.90 Å². The lowest BCUT2D eigenvalue weighted by Crippen LogP contribution is -2.28. The molecule has 146 valence electrons. The molecule has 1 aromatic heterocycles. The van der Waals surface area contributed by atoms with E-state index >= 15 is 0 Å². The van der Waals surface area contributed by atoms with E-state index in [1.807, 2.05) is 11.9 Å². The van der Waals surface area contributed by atoms with Crippen LogP contribution in [0.15, 0.2) is 24.3 Å². The lowest BCUT2D eigenvalue weighted by Gasteiger charge is -2.18. The maximum Gasteiger partial charge on any atom is 0.173 e. The quantitative estimate of drug-likeness (QED) is 0.707. The Kier molecular flexibility index (Phi) is 6.35. The lowest BCUT2D eigenvalue weighted by molar-refractivity contribution is 0.0986.